The number of aromatic nitrogens is 1. The largest absolute Gasteiger partial charge is 0.320 e. The van der Waals surface area contributed by atoms with E-state index in [-0.39, 0.29) is 5.56 Å². The average Bonchev–Trinajstić information content (AvgIpc) is 2.43. The molecule has 2 rings (SSSR count). The number of benzene rings is 1. The van der Waals surface area contributed by atoms with E-state index in [9.17, 15) is 22.0 Å². The third kappa shape index (κ3) is 2.14. The molecule has 0 amide bonds. The van der Waals surface area contributed by atoms with Gasteiger partial charge in [0.2, 0.25) is 5.82 Å². The molecule has 1 heterocycles. The lowest BCUT2D eigenvalue weighted by Crippen LogP contribution is -2.20. The molecule has 0 radical (unpaired) electrons. The maximum atomic E-state index is 13.6. The van der Waals surface area contributed by atoms with Gasteiger partial charge in [0.15, 0.2) is 23.3 Å². The van der Waals surface area contributed by atoms with Crippen molar-refractivity contribution in [1.29, 1.82) is 0 Å². The molecule has 0 bridgehead atoms. The topological polar surface area (TPSA) is 38.9 Å². The van der Waals surface area contributed by atoms with Gasteiger partial charge in [-0.3, -0.25) is 4.98 Å². The molecule has 0 fully saturated rings. The van der Waals surface area contributed by atoms with E-state index in [0.29, 0.717) is 5.56 Å². The molecule has 2 nitrogen and oxygen atoms in total. The van der Waals surface area contributed by atoms with Crippen molar-refractivity contribution in [2.75, 3.05) is 0 Å². The van der Waals surface area contributed by atoms with Gasteiger partial charge in [0.1, 0.15) is 0 Å². The number of aryl methyl sites for hydroxylation is 1. The van der Waals surface area contributed by atoms with E-state index >= 15 is 0 Å². The number of hydrogen-bond donors (Lipinski definition) is 1. The first-order valence-corrected chi connectivity index (χ1v) is 5.53. The Hall–Kier alpha value is -2.02. The summed E-state index contributed by atoms with van der Waals surface area (Å²) in [5, 5.41) is 0. The monoisotopic (exact) mass is 288 g/mol. The van der Waals surface area contributed by atoms with Crippen LogP contribution >= 0.6 is 0 Å². The molecule has 0 saturated carbocycles. The van der Waals surface area contributed by atoms with Gasteiger partial charge in [0, 0.05) is 12.4 Å². The Morgan fingerprint density at radius 1 is 0.950 bits per heavy atom. The molecule has 1 unspecified atom stereocenters. The fourth-order valence-electron chi connectivity index (χ4n) is 1.85. The SMILES string of the molecule is Cc1ccncc1C(N)c1c(F)c(F)c(F)c(F)c1F. The summed E-state index contributed by atoms with van der Waals surface area (Å²) in [6.07, 6.45) is 2.64. The smallest absolute Gasteiger partial charge is 0.200 e. The summed E-state index contributed by atoms with van der Waals surface area (Å²) in [6.45, 7) is 1.59. The van der Waals surface area contributed by atoms with E-state index in [0.717, 1.165) is 0 Å². The summed E-state index contributed by atoms with van der Waals surface area (Å²) in [5.74, 6) is -10.1. The Morgan fingerprint density at radius 3 is 1.95 bits per heavy atom. The summed E-state index contributed by atoms with van der Waals surface area (Å²) in [5.41, 5.74) is 5.26. The number of nitrogens with two attached hydrogens (primary N) is 1. The zero-order valence-corrected chi connectivity index (χ0v) is 10.2. The molecule has 1 atom stereocenters. The molecule has 1 aromatic heterocycles. The van der Waals surface area contributed by atoms with Crippen LogP contribution in [0.1, 0.15) is 22.7 Å². The van der Waals surface area contributed by atoms with E-state index in [1.807, 2.05) is 0 Å². The van der Waals surface area contributed by atoms with E-state index in [1.54, 1.807) is 6.92 Å². The van der Waals surface area contributed by atoms with Gasteiger partial charge in [-0.25, -0.2) is 22.0 Å². The number of rotatable bonds is 2. The molecule has 0 saturated heterocycles. The lowest BCUT2D eigenvalue weighted by molar-refractivity contribution is 0.367. The van der Waals surface area contributed by atoms with Crippen molar-refractivity contribution in [3.63, 3.8) is 0 Å². The van der Waals surface area contributed by atoms with E-state index in [2.05, 4.69) is 4.98 Å². The van der Waals surface area contributed by atoms with Crippen LogP contribution in [0.15, 0.2) is 18.5 Å². The fraction of sp³-hybridized carbons (Fsp3) is 0.154. The summed E-state index contributed by atoms with van der Waals surface area (Å²) in [6, 6.07) is 0.00892. The third-order valence-corrected chi connectivity index (χ3v) is 2.97. The first-order chi connectivity index (χ1) is 9.36. The number of nitrogens with zero attached hydrogens (tertiary/aromatic N) is 1. The highest BCUT2D eigenvalue weighted by Gasteiger charge is 2.30. The van der Waals surface area contributed by atoms with Crippen molar-refractivity contribution in [1.82, 2.24) is 4.98 Å². The van der Waals surface area contributed by atoms with Crippen LogP contribution in [-0.4, -0.2) is 4.98 Å². The predicted octanol–water partition coefficient (Wildman–Crippen LogP) is 3.13. The Morgan fingerprint density at radius 2 is 1.45 bits per heavy atom. The molecule has 1 aromatic carbocycles. The van der Waals surface area contributed by atoms with Crippen molar-refractivity contribution < 1.29 is 22.0 Å². The highest BCUT2D eigenvalue weighted by atomic mass is 19.2. The fourth-order valence-corrected chi connectivity index (χ4v) is 1.85. The van der Waals surface area contributed by atoms with Crippen molar-refractivity contribution in [3.8, 4) is 0 Å². The highest BCUT2D eigenvalue weighted by molar-refractivity contribution is 5.37. The minimum Gasteiger partial charge on any atom is -0.320 e. The van der Waals surface area contributed by atoms with Crippen molar-refractivity contribution in [2.24, 2.45) is 5.73 Å². The molecule has 0 aliphatic rings. The molecule has 2 aromatic rings. The van der Waals surface area contributed by atoms with Gasteiger partial charge in [-0.2, -0.15) is 0 Å². The van der Waals surface area contributed by atoms with Gasteiger partial charge in [0.05, 0.1) is 11.6 Å². The molecule has 0 aliphatic heterocycles. The minimum absolute atomic E-state index is 0.177. The lowest BCUT2D eigenvalue weighted by Gasteiger charge is -2.17. The summed E-state index contributed by atoms with van der Waals surface area (Å²) >= 11 is 0. The van der Waals surface area contributed by atoms with Crippen LogP contribution in [0.2, 0.25) is 0 Å². The van der Waals surface area contributed by atoms with Crippen LogP contribution in [0.5, 0.6) is 0 Å². The van der Waals surface area contributed by atoms with Gasteiger partial charge >= 0.3 is 0 Å². The Balaban J connectivity index is 2.68. The van der Waals surface area contributed by atoms with Gasteiger partial charge in [0.25, 0.3) is 0 Å². The zero-order chi connectivity index (χ0) is 15.0. The molecule has 7 heteroatoms. The number of hydrogen-bond acceptors (Lipinski definition) is 2. The Labute approximate surface area is 111 Å². The maximum Gasteiger partial charge on any atom is 0.200 e. The molecule has 106 valence electrons. The third-order valence-electron chi connectivity index (χ3n) is 2.97. The summed E-state index contributed by atoms with van der Waals surface area (Å²) in [4.78, 5) is 3.73. The van der Waals surface area contributed by atoms with Crippen LogP contribution in [0, 0.1) is 36.0 Å². The molecule has 0 aliphatic carbocycles. The van der Waals surface area contributed by atoms with E-state index in [1.165, 1.54) is 18.5 Å². The zero-order valence-electron chi connectivity index (χ0n) is 10.2. The van der Waals surface area contributed by atoms with E-state index < -0.39 is 40.7 Å². The summed E-state index contributed by atoms with van der Waals surface area (Å²) < 4.78 is 66.6. The van der Waals surface area contributed by atoms with Crippen LogP contribution in [0.4, 0.5) is 22.0 Å². The number of pyridine rings is 1. The Bertz CT molecular complexity index is 643. The lowest BCUT2D eigenvalue weighted by atomic mass is 9.96. The summed E-state index contributed by atoms with van der Waals surface area (Å²) in [7, 11) is 0. The Kier molecular flexibility index (Phi) is 3.71. The average molecular weight is 288 g/mol. The molecule has 2 N–H and O–H groups in total. The van der Waals surface area contributed by atoms with Gasteiger partial charge in [-0.05, 0) is 24.1 Å². The van der Waals surface area contributed by atoms with Crippen molar-refractivity contribution >= 4 is 0 Å². The maximum absolute atomic E-state index is 13.6. The number of halogens is 5. The van der Waals surface area contributed by atoms with E-state index in [4.69, 9.17) is 5.73 Å². The minimum atomic E-state index is -2.21. The van der Waals surface area contributed by atoms with Crippen LogP contribution in [-0.2, 0) is 0 Å². The normalized spacial score (nSPS) is 12.6. The second-order valence-corrected chi connectivity index (χ2v) is 4.19. The van der Waals surface area contributed by atoms with Crippen LogP contribution in [0.3, 0.4) is 0 Å². The van der Waals surface area contributed by atoms with Crippen LogP contribution < -0.4 is 5.73 Å². The first-order valence-electron chi connectivity index (χ1n) is 5.53. The van der Waals surface area contributed by atoms with Gasteiger partial charge in [-0.1, -0.05) is 0 Å². The van der Waals surface area contributed by atoms with Crippen molar-refractivity contribution in [3.05, 3.63) is 64.2 Å². The molecule has 0 spiro atoms. The quantitative estimate of drug-likeness (QED) is 0.524. The first kappa shape index (κ1) is 14.4. The second-order valence-electron chi connectivity index (χ2n) is 4.19. The van der Waals surface area contributed by atoms with Gasteiger partial charge in [-0.15, -0.1) is 0 Å². The van der Waals surface area contributed by atoms with Crippen LogP contribution in [0.25, 0.3) is 0 Å². The van der Waals surface area contributed by atoms with Crippen molar-refractivity contribution in [2.45, 2.75) is 13.0 Å². The molecular weight excluding hydrogens is 279 g/mol. The molecule has 20 heavy (non-hydrogen) atoms. The van der Waals surface area contributed by atoms with Gasteiger partial charge < -0.3 is 5.73 Å². The molecular formula is C13H9F5N2. The standard InChI is InChI=1S/C13H9F5N2/c1-5-2-3-20-4-6(5)13(19)7-8(14)10(16)12(18)11(17)9(7)15/h2-4,13H,19H2,1H3. The highest BCUT2D eigenvalue weighted by Crippen LogP contribution is 2.30. The predicted molar refractivity (Wildman–Crippen MR) is 61.2 cm³/mol. The second kappa shape index (κ2) is 5.16.